The maximum Gasteiger partial charge on any atom is 0.328 e. The normalized spacial score (nSPS) is 26.0. The van der Waals surface area contributed by atoms with Gasteiger partial charge in [-0.05, 0) is 49.1 Å². The number of hydrogen-bond acceptors (Lipinski definition) is 9. The fourth-order valence-corrected chi connectivity index (χ4v) is 8.15. The van der Waals surface area contributed by atoms with Crippen LogP contribution in [0.5, 0.6) is 0 Å². The molecule has 3 N–H and O–H groups in total. The summed E-state index contributed by atoms with van der Waals surface area (Å²) in [5.41, 5.74) is 2.97. The number of sulfonamides is 1. The zero-order valence-corrected chi connectivity index (χ0v) is 27.9. The van der Waals surface area contributed by atoms with Gasteiger partial charge in [0.15, 0.2) is 0 Å². The number of fused-ring (bicyclic) bond motifs is 3. The maximum absolute atomic E-state index is 14.0. The van der Waals surface area contributed by atoms with E-state index in [4.69, 9.17) is 9.57 Å². The lowest BCUT2D eigenvalue weighted by Gasteiger charge is -2.25. The number of nitrogens with zero attached hydrogens (tertiary/aromatic N) is 1. The molecule has 3 amide bonds. The molecule has 0 heterocycles. The standard InChI is InChI=1S/C35H40N4O8S/c1-5-20-18-35(20,34(43)39-48(44,45)22-14-15-22)37-32(41)28-17-21(16-27(28)31(40)36-29(19(2)3)33(42)46-4)47-38-30-25-12-8-6-10-23(25)24-11-7-9-13-26(24)30/h5-13,19-22,27-29H,1,14-18H2,2-4H3,(H,36,40)(H,37,41)(H,39,43)/t20-,21+,27-,28-,29-,35-/m1/s1. The van der Waals surface area contributed by atoms with Gasteiger partial charge >= 0.3 is 5.97 Å². The average Bonchev–Trinajstić information content (AvgIpc) is 3.98. The fourth-order valence-electron chi connectivity index (χ4n) is 6.79. The number of methoxy groups -OCH3 is 1. The Hall–Kier alpha value is -4.52. The van der Waals surface area contributed by atoms with Gasteiger partial charge in [-0.15, -0.1) is 6.58 Å². The number of oxime groups is 1. The molecule has 0 aliphatic heterocycles. The monoisotopic (exact) mass is 676 g/mol. The van der Waals surface area contributed by atoms with Crippen LogP contribution in [0, 0.1) is 23.7 Å². The number of esters is 1. The predicted molar refractivity (Wildman–Crippen MR) is 177 cm³/mol. The summed E-state index contributed by atoms with van der Waals surface area (Å²) in [4.78, 5) is 59.7. The first kappa shape index (κ1) is 33.4. The number of carbonyl (C=O) groups excluding carboxylic acids is 4. The van der Waals surface area contributed by atoms with Crippen molar-refractivity contribution in [2.24, 2.45) is 28.8 Å². The van der Waals surface area contributed by atoms with Gasteiger partial charge in [0.2, 0.25) is 21.8 Å². The molecule has 0 bridgehead atoms. The number of carbonyl (C=O) groups is 4. The first-order chi connectivity index (χ1) is 22.9. The van der Waals surface area contributed by atoms with Gasteiger partial charge in [-0.25, -0.2) is 13.2 Å². The van der Waals surface area contributed by atoms with Crippen molar-refractivity contribution in [3.8, 4) is 11.1 Å². The second-order valence-electron chi connectivity index (χ2n) is 13.4. The first-order valence-electron chi connectivity index (χ1n) is 16.2. The highest BCUT2D eigenvalue weighted by Crippen LogP contribution is 2.46. The minimum absolute atomic E-state index is 0.0887. The lowest BCUT2D eigenvalue weighted by molar-refractivity contribution is -0.147. The van der Waals surface area contributed by atoms with E-state index in [0.29, 0.717) is 18.6 Å². The van der Waals surface area contributed by atoms with E-state index in [0.717, 1.165) is 22.3 Å². The van der Waals surface area contributed by atoms with E-state index in [-0.39, 0.29) is 25.2 Å². The van der Waals surface area contributed by atoms with Crippen molar-refractivity contribution in [1.29, 1.82) is 0 Å². The van der Waals surface area contributed by atoms with Crippen LogP contribution in [-0.4, -0.2) is 67.9 Å². The Morgan fingerprint density at radius 2 is 1.50 bits per heavy atom. The van der Waals surface area contributed by atoms with Crippen LogP contribution in [0.15, 0.2) is 66.3 Å². The van der Waals surface area contributed by atoms with Crippen LogP contribution in [0.4, 0.5) is 0 Å². The molecule has 12 nitrogen and oxygen atoms in total. The average molecular weight is 677 g/mol. The zero-order valence-electron chi connectivity index (χ0n) is 27.1. The van der Waals surface area contributed by atoms with Gasteiger partial charge in [0, 0.05) is 17.0 Å². The van der Waals surface area contributed by atoms with Gasteiger partial charge in [0.05, 0.1) is 24.2 Å². The van der Waals surface area contributed by atoms with Gasteiger partial charge in [-0.2, -0.15) is 0 Å². The second-order valence-corrected chi connectivity index (χ2v) is 15.3. The third-order valence-corrected chi connectivity index (χ3v) is 11.6. The Morgan fingerprint density at radius 3 is 2.00 bits per heavy atom. The number of benzene rings is 2. The van der Waals surface area contributed by atoms with Gasteiger partial charge in [0.25, 0.3) is 5.91 Å². The van der Waals surface area contributed by atoms with Crippen molar-refractivity contribution in [3.63, 3.8) is 0 Å². The minimum atomic E-state index is -3.87. The van der Waals surface area contributed by atoms with Crippen molar-refractivity contribution >= 4 is 39.4 Å². The summed E-state index contributed by atoms with van der Waals surface area (Å²) >= 11 is 0. The molecule has 2 aromatic carbocycles. The molecule has 0 unspecified atom stereocenters. The van der Waals surface area contributed by atoms with E-state index in [1.165, 1.54) is 13.2 Å². The molecule has 0 radical (unpaired) electrons. The van der Waals surface area contributed by atoms with Gasteiger partial charge < -0.3 is 20.2 Å². The Bertz CT molecular complexity index is 1760. The number of ether oxygens (including phenoxy) is 1. The predicted octanol–water partition coefficient (Wildman–Crippen LogP) is 2.81. The third-order valence-electron chi connectivity index (χ3n) is 9.81. The number of amides is 3. The molecule has 3 saturated carbocycles. The van der Waals surface area contributed by atoms with E-state index in [2.05, 4.69) is 27.1 Å². The van der Waals surface area contributed by atoms with Crippen LogP contribution in [0.1, 0.15) is 57.1 Å². The molecule has 48 heavy (non-hydrogen) atoms. The van der Waals surface area contributed by atoms with Crippen molar-refractivity contribution in [2.75, 3.05) is 7.11 Å². The van der Waals surface area contributed by atoms with Crippen molar-refractivity contribution in [3.05, 3.63) is 72.3 Å². The highest BCUT2D eigenvalue weighted by molar-refractivity contribution is 7.91. The summed E-state index contributed by atoms with van der Waals surface area (Å²) in [6.45, 7) is 7.28. The summed E-state index contributed by atoms with van der Waals surface area (Å²) in [7, 11) is -2.63. The largest absolute Gasteiger partial charge is 0.467 e. The Balaban J connectivity index is 1.25. The van der Waals surface area contributed by atoms with Crippen LogP contribution in [-0.2, 0) is 38.8 Å². The Morgan fingerprint density at radius 1 is 0.938 bits per heavy atom. The summed E-state index contributed by atoms with van der Waals surface area (Å²) < 4.78 is 32.2. The quantitative estimate of drug-likeness (QED) is 0.150. The maximum atomic E-state index is 14.0. The van der Waals surface area contributed by atoms with E-state index in [9.17, 15) is 27.6 Å². The molecule has 0 aromatic heterocycles. The molecule has 3 fully saturated rings. The molecule has 4 aliphatic rings. The van der Waals surface area contributed by atoms with E-state index < -0.39 is 74.4 Å². The highest BCUT2D eigenvalue weighted by atomic mass is 32.2. The SMILES string of the molecule is C=C[C@@H]1C[C@]1(NC(=O)[C@@H]1C[C@@H](ON=C2c3ccccc3-c3ccccc32)C[C@H]1C(=O)N[C@@H](C(=O)OC)C(C)C)C(=O)NS(=O)(=O)C1CC1. The van der Waals surface area contributed by atoms with Crippen LogP contribution in [0.2, 0.25) is 0 Å². The summed E-state index contributed by atoms with van der Waals surface area (Å²) in [6, 6.07) is 14.7. The molecule has 2 aromatic rings. The Labute approximate surface area is 279 Å². The minimum Gasteiger partial charge on any atom is -0.467 e. The molecule has 254 valence electrons. The van der Waals surface area contributed by atoms with Crippen LogP contribution < -0.4 is 15.4 Å². The summed E-state index contributed by atoms with van der Waals surface area (Å²) in [5.74, 6) is -5.29. The lowest BCUT2D eigenvalue weighted by atomic mass is 9.92. The number of rotatable bonds is 12. The van der Waals surface area contributed by atoms with Crippen molar-refractivity contribution < 1.29 is 37.2 Å². The van der Waals surface area contributed by atoms with Crippen LogP contribution >= 0.6 is 0 Å². The highest BCUT2D eigenvalue weighted by Gasteiger charge is 2.62. The van der Waals surface area contributed by atoms with Crippen LogP contribution in [0.25, 0.3) is 11.1 Å². The second kappa shape index (κ2) is 12.8. The van der Waals surface area contributed by atoms with E-state index >= 15 is 0 Å². The van der Waals surface area contributed by atoms with Crippen LogP contribution in [0.3, 0.4) is 0 Å². The fraction of sp³-hybridized carbons (Fsp3) is 0.457. The van der Waals surface area contributed by atoms with Gasteiger partial charge in [0.1, 0.15) is 23.4 Å². The van der Waals surface area contributed by atoms with Gasteiger partial charge in [-0.3, -0.25) is 19.1 Å². The number of nitrogens with one attached hydrogen (secondary N) is 3. The zero-order chi connectivity index (χ0) is 34.4. The molecule has 0 saturated heterocycles. The van der Waals surface area contributed by atoms with Gasteiger partial charge in [-0.1, -0.05) is 73.6 Å². The topological polar surface area (TPSA) is 169 Å². The van der Waals surface area contributed by atoms with E-state index in [1.54, 1.807) is 13.8 Å². The summed E-state index contributed by atoms with van der Waals surface area (Å²) in [6.07, 6.45) is 2.15. The molecule has 6 atom stereocenters. The van der Waals surface area contributed by atoms with E-state index in [1.807, 2.05) is 48.5 Å². The van der Waals surface area contributed by atoms with Crippen molar-refractivity contribution in [1.82, 2.24) is 15.4 Å². The third kappa shape index (κ3) is 6.23. The molecular formula is C35H40N4O8S. The smallest absolute Gasteiger partial charge is 0.328 e. The molecule has 6 rings (SSSR count). The molecular weight excluding hydrogens is 636 g/mol. The lowest BCUT2D eigenvalue weighted by Crippen LogP contribution is -2.55. The first-order valence-corrected chi connectivity index (χ1v) is 17.8. The number of hydrogen-bond donors (Lipinski definition) is 3. The van der Waals surface area contributed by atoms with Crippen molar-refractivity contribution in [2.45, 2.75) is 68.9 Å². The Kier molecular flexibility index (Phi) is 8.92. The molecule has 13 heteroatoms. The summed E-state index contributed by atoms with van der Waals surface area (Å²) in [5, 5.41) is 9.45. The molecule has 0 spiro atoms. The molecule has 4 aliphatic carbocycles.